The van der Waals surface area contributed by atoms with Gasteiger partial charge in [0.05, 0.1) is 15.1 Å². The second kappa shape index (κ2) is 7.99. The molecule has 27 heavy (non-hydrogen) atoms. The fourth-order valence-corrected chi connectivity index (χ4v) is 3.76. The Morgan fingerprint density at radius 3 is 2.70 bits per heavy atom. The van der Waals surface area contributed by atoms with Gasteiger partial charge in [-0.1, -0.05) is 29.0 Å². The van der Waals surface area contributed by atoms with Crippen LogP contribution in [0.25, 0.3) is 10.2 Å². The molecule has 7 nitrogen and oxygen atoms in total. The number of anilines is 1. The van der Waals surface area contributed by atoms with Crippen molar-refractivity contribution in [2.24, 2.45) is 0 Å². The summed E-state index contributed by atoms with van der Waals surface area (Å²) in [6, 6.07) is 11.1. The molecule has 1 aromatic heterocycles. The van der Waals surface area contributed by atoms with Gasteiger partial charge in [-0.25, -0.2) is 4.98 Å². The van der Waals surface area contributed by atoms with E-state index in [1.165, 1.54) is 29.5 Å². The third kappa shape index (κ3) is 4.41. The molecule has 0 bridgehead atoms. The first-order valence-electron chi connectivity index (χ1n) is 8.12. The first kappa shape index (κ1) is 19.2. The fraction of sp³-hybridized carbons (Fsp3) is 0.222. The standard InChI is InChI=1S/C18H17ClN4O3S/c1-21(2)8-9-22(17(24)12-4-3-5-14(10-12)23(25)26)18-20-15-7-6-13(19)11-16(15)27-18/h3-7,10-11H,8-9H2,1-2H3. The number of fused-ring (bicyclic) bond motifs is 1. The average molecular weight is 405 g/mol. The van der Waals surface area contributed by atoms with E-state index in [1.807, 2.05) is 19.0 Å². The Labute approximate surface area is 164 Å². The summed E-state index contributed by atoms with van der Waals surface area (Å²) in [4.78, 5) is 31.7. The van der Waals surface area contributed by atoms with Gasteiger partial charge in [0.2, 0.25) is 0 Å². The zero-order valence-corrected chi connectivity index (χ0v) is 16.3. The fourth-order valence-electron chi connectivity index (χ4n) is 2.49. The van der Waals surface area contributed by atoms with Gasteiger partial charge in [-0.15, -0.1) is 0 Å². The molecule has 0 atom stereocenters. The van der Waals surface area contributed by atoms with Crippen LogP contribution in [-0.2, 0) is 0 Å². The number of benzene rings is 2. The lowest BCUT2D eigenvalue weighted by Crippen LogP contribution is -2.36. The molecule has 0 fully saturated rings. The normalized spacial score (nSPS) is 11.1. The monoisotopic (exact) mass is 404 g/mol. The van der Waals surface area contributed by atoms with Crippen LogP contribution in [0.15, 0.2) is 42.5 Å². The minimum absolute atomic E-state index is 0.121. The van der Waals surface area contributed by atoms with Crippen molar-refractivity contribution in [3.63, 3.8) is 0 Å². The number of nitro benzene ring substituents is 1. The molecule has 0 saturated heterocycles. The van der Waals surface area contributed by atoms with Crippen molar-refractivity contribution in [2.45, 2.75) is 0 Å². The Morgan fingerprint density at radius 2 is 2.00 bits per heavy atom. The molecule has 2 aromatic carbocycles. The van der Waals surface area contributed by atoms with Crippen molar-refractivity contribution in [1.82, 2.24) is 9.88 Å². The number of aromatic nitrogens is 1. The number of carbonyl (C=O) groups is 1. The maximum absolute atomic E-state index is 13.1. The molecule has 0 aliphatic heterocycles. The largest absolute Gasteiger partial charge is 0.308 e. The van der Waals surface area contributed by atoms with E-state index in [1.54, 1.807) is 29.2 Å². The average Bonchev–Trinajstić information content (AvgIpc) is 3.04. The number of nitrogens with zero attached hydrogens (tertiary/aromatic N) is 4. The molecule has 3 rings (SSSR count). The van der Waals surface area contributed by atoms with E-state index in [2.05, 4.69) is 4.98 Å². The Bertz CT molecular complexity index is 1010. The van der Waals surface area contributed by atoms with Crippen LogP contribution >= 0.6 is 22.9 Å². The van der Waals surface area contributed by atoms with Gasteiger partial charge >= 0.3 is 0 Å². The van der Waals surface area contributed by atoms with Crippen LogP contribution in [0.2, 0.25) is 5.02 Å². The minimum Gasteiger partial charge on any atom is -0.308 e. The quantitative estimate of drug-likeness (QED) is 0.457. The van der Waals surface area contributed by atoms with Crippen molar-refractivity contribution < 1.29 is 9.72 Å². The van der Waals surface area contributed by atoms with Crippen LogP contribution in [-0.4, -0.2) is 47.9 Å². The molecular weight excluding hydrogens is 388 g/mol. The third-order valence-corrected chi connectivity index (χ3v) is 5.17. The van der Waals surface area contributed by atoms with Gasteiger partial charge in [0.1, 0.15) is 0 Å². The van der Waals surface area contributed by atoms with Gasteiger partial charge in [-0.3, -0.25) is 19.8 Å². The van der Waals surface area contributed by atoms with E-state index < -0.39 is 4.92 Å². The van der Waals surface area contributed by atoms with Crippen LogP contribution in [0.5, 0.6) is 0 Å². The smallest absolute Gasteiger partial charge is 0.270 e. The number of hydrogen-bond acceptors (Lipinski definition) is 6. The molecule has 3 aromatic rings. The van der Waals surface area contributed by atoms with Crippen LogP contribution in [0, 0.1) is 10.1 Å². The lowest BCUT2D eigenvalue weighted by molar-refractivity contribution is -0.384. The van der Waals surface area contributed by atoms with Crippen LogP contribution < -0.4 is 4.90 Å². The summed E-state index contributed by atoms with van der Waals surface area (Å²) in [6.07, 6.45) is 0. The van der Waals surface area contributed by atoms with E-state index in [0.717, 1.165) is 10.2 Å². The topological polar surface area (TPSA) is 79.6 Å². The van der Waals surface area contributed by atoms with Crippen LogP contribution in [0.1, 0.15) is 10.4 Å². The zero-order chi connectivity index (χ0) is 19.6. The van der Waals surface area contributed by atoms with Gasteiger partial charge < -0.3 is 4.90 Å². The molecule has 0 spiro atoms. The predicted molar refractivity (Wildman–Crippen MR) is 108 cm³/mol. The number of hydrogen-bond donors (Lipinski definition) is 0. The predicted octanol–water partition coefficient (Wildman–Crippen LogP) is 4.07. The Balaban J connectivity index is 2.00. The molecular formula is C18H17ClN4O3S. The first-order valence-corrected chi connectivity index (χ1v) is 9.32. The minimum atomic E-state index is -0.513. The number of likely N-dealkylation sites (N-methyl/N-ethyl adjacent to an activating group) is 1. The molecule has 0 radical (unpaired) electrons. The van der Waals surface area contributed by atoms with Crippen molar-refractivity contribution in [3.8, 4) is 0 Å². The molecule has 0 N–H and O–H groups in total. The molecule has 0 unspecified atom stereocenters. The van der Waals surface area contributed by atoms with Gasteiger partial charge in [0.25, 0.3) is 11.6 Å². The Morgan fingerprint density at radius 1 is 1.22 bits per heavy atom. The summed E-state index contributed by atoms with van der Waals surface area (Å²) >= 11 is 7.41. The summed E-state index contributed by atoms with van der Waals surface area (Å²) in [5, 5.41) is 12.2. The van der Waals surface area contributed by atoms with Crippen LogP contribution in [0.3, 0.4) is 0 Å². The van der Waals surface area contributed by atoms with Gasteiger partial charge in [0.15, 0.2) is 5.13 Å². The molecule has 1 amide bonds. The summed E-state index contributed by atoms with van der Waals surface area (Å²) in [7, 11) is 3.82. The zero-order valence-electron chi connectivity index (χ0n) is 14.8. The second-order valence-corrected chi connectivity index (χ2v) is 7.62. The van der Waals surface area contributed by atoms with Crippen LogP contribution in [0.4, 0.5) is 10.8 Å². The summed E-state index contributed by atoms with van der Waals surface area (Å²) in [5.41, 5.74) is 0.880. The van der Waals surface area contributed by atoms with E-state index >= 15 is 0 Å². The molecule has 0 saturated carbocycles. The highest BCUT2D eigenvalue weighted by Gasteiger charge is 2.23. The van der Waals surface area contributed by atoms with Crippen molar-refractivity contribution in [1.29, 1.82) is 0 Å². The number of rotatable bonds is 6. The number of nitro groups is 1. The molecule has 1 heterocycles. The maximum Gasteiger partial charge on any atom is 0.270 e. The number of amides is 1. The van der Waals surface area contributed by atoms with Crippen molar-refractivity contribution in [2.75, 3.05) is 32.1 Å². The number of halogens is 1. The number of carbonyl (C=O) groups excluding carboxylic acids is 1. The SMILES string of the molecule is CN(C)CCN(C(=O)c1cccc([N+](=O)[O-])c1)c1nc2ccc(Cl)cc2s1. The maximum atomic E-state index is 13.1. The number of non-ortho nitro benzene ring substituents is 1. The highest BCUT2D eigenvalue weighted by molar-refractivity contribution is 7.22. The second-order valence-electron chi connectivity index (χ2n) is 6.18. The van der Waals surface area contributed by atoms with E-state index in [4.69, 9.17) is 11.6 Å². The first-order chi connectivity index (χ1) is 12.8. The van der Waals surface area contributed by atoms with E-state index in [0.29, 0.717) is 23.2 Å². The molecule has 0 aliphatic carbocycles. The highest BCUT2D eigenvalue weighted by Crippen LogP contribution is 2.31. The summed E-state index contributed by atoms with van der Waals surface area (Å²) < 4.78 is 0.874. The molecule has 0 aliphatic rings. The third-order valence-electron chi connectivity index (χ3n) is 3.89. The molecule has 9 heteroatoms. The van der Waals surface area contributed by atoms with Gasteiger partial charge in [0, 0.05) is 35.8 Å². The summed E-state index contributed by atoms with van der Waals surface area (Å²) in [5.74, 6) is -0.328. The lowest BCUT2D eigenvalue weighted by atomic mass is 10.2. The highest BCUT2D eigenvalue weighted by atomic mass is 35.5. The van der Waals surface area contributed by atoms with Crippen molar-refractivity contribution >= 4 is 49.9 Å². The van der Waals surface area contributed by atoms with E-state index in [-0.39, 0.29) is 17.2 Å². The number of thiazole rings is 1. The van der Waals surface area contributed by atoms with Gasteiger partial charge in [-0.2, -0.15) is 0 Å². The van der Waals surface area contributed by atoms with E-state index in [9.17, 15) is 14.9 Å². The Kier molecular flexibility index (Phi) is 5.69. The summed E-state index contributed by atoms with van der Waals surface area (Å²) in [6.45, 7) is 1.03. The van der Waals surface area contributed by atoms with Gasteiger partial charge in [-0.05, 0) is 38.4 Å². The molecule has 140 valence electrons. The Hall–Kier alpha value is -2.55. The lowest BCUT2D eigenvalue weighted by Gasteiger charge is -2.22. The van der Waals surface area contributed by atoms with Crippen molar-refractivity contribution in [3.05, 3.63) is 63.2 Å².